The summed E-state index contributed by atoms with van der Waals surface area (Å²) in [5.41, 5.74) is 0.689. The van der Waals surface area contributed by atoms with Gasteiger partial charge in [0.1, 0.15) is 12.1 Å². The fourth-order valence-corrected chi connectivity index (χ4v) is 5.00. The molecule has 9 nitrogen and oxygen atoms in total. The van der Waals surface area contributed by atoms with Crippen molar-refractivity contribution in [3.05, 3.63) is 35.9 Å². The quantitative estimate of drug-likeness (QED) is 0.506. The molecule has 0 N–H and O–H groups in total. The molecule has 2 aromatic rings. The van der Waals surface area contributed by atoms with Crippen LogP contribution in [0, 0.1) is 18.7 Å². The smallest absolute Gasteiger partial charge is 0.410 e. The second-order valence-corrected chi connectivity index (χ2v) is 11.9. The number of rotatable bonds is 8. The first-order chi connectivity index (χ1) is 17.0. The topological polar surface area (TPSA) is 102 Å². The number of sulfone groups is 1. The molecular weight excluding hydrogens is 487 g/mol. The predicted octanol–water partition coefficient (Wildman–Crippen LogP) is 4.35. The van der Waals surface area contributed by atoms with Gasteiger partial charge in [0.15, 0.2) is 21.4 Å². The van der Waals surface area contributed by atoms with E-state index in [-0.39, 0.29) is 28.7 Å². The van der Waals surface area contributed by atoms with Crippen molar-refractivity contribution in [3.8, 4) is 11.6 Å². The van der Waals surface area contributed by atoms with Gasteiger partial charge in [-0.3, -0.25) is 0 Å². The van der Waals surface area contributed by atoms with E-state index in [1.165, 1.54) is 18.5 Å². The molecule has 0 spiro atoms. The van der Waals surface area contributed by atoms with Crippen molar-refractivity contribution in [2.75, 3.05) is 30.8 Å². The van der Waals surface area contributed by atoms with Crippen LogP contribution in [-0.2, 0) is 14.6 Å². The highest BCUT2D eigenvalue weighted by molar-refractivity contribution is 7.90. The van der Waals surface area contributed by atoms with Crippen molar-refractivity contribution in [3.63, 3.8) is 0 Å². The highest BCUT2D eigenvalue weighted by atomic mass is 32.2. The lowest BCUT2D eigenvalue weighted by molar-refractivity contribution is 0.0657. The standard InChI is InChI=1S/C25H33FN4O5S/c1-16(2)34-25(31)29-11-9-18(10-12-29)14-30(19-5-6-19)23-17(3)24(28-15-27-23)35-22-8-7-20(13-21(22)26)36(4,32)33/h7-8,13,15-16,18-19H,5-6,9-12,14H2,1-4H3. The number of hydrogen-bond acceptors (Lipinski definition) is 8. The van der Waals surface area contributed by atoms with Gasteiger partial charge in [0.2, 0.25) is 5.88 Å². The Morgan fingerprint density at radius 1 is 1.19 bits per heavy atom. The van der Waals surface area contributed by atoms with E-state index >= 15 is 0 Å². The van der Waals surface area contributed by atoms with Gasteiger partial charge in [-0.05, 0) is 70.6 Å². The maximum Gasteiger partial charge on any atom is 0.410 e. The van der Waals surface area contributed by atoms with Gasteiger partial charge in [-0.25, -0.2) is 27.6 Å². The summed E-state index contributed by atoms with van der Waals surface area (Å²) in [5, 5.41) is 0. The number of ether oxygens (including phenoxy) is 2. The van der Waals surface area contributed by atoms with Gasteiger partial charge in [0.25, 0.3) is 0 Å². The number of piperidine rings is 1. The van der Waals surface area contributed by atoms with E-state index in [4.69, 9.17) is 9.47 Å². The van der Waals surface area contributed by atoms with E-state index < -0.39 is 15.7 Å². The Labute approximate surface area is 211 Å². The van der Waals surface area contributed by atoms with Crippen LogP contribution in [0.4, 0.5) is 15.0 Å². The van der Waals surface area contributed by atoms with Crippen LogP contribution >= 0.6 is 0 Å². The zero-order valence-electron chi connectivity index (χ0n) is 21.1. The maximum absolute atomic E-state index is 14.6. The van der Waals surface area contributed by atoms with Crippen LogP contribution in [-0.4, -0.2) is 67.4 Å². The summed E-state index contributed by atoms with van der Waals surface area (Å²) < 4.78 is 49.1. The minimum atomic E-state index is -3.53. The third-order valence-electron chi connectivity index (χ3n) is 6.47. The molecule has 0 bridgehead atoms. The Hall–Kier alpha value is -2.95. The number of benzene rings is 1. The molecule has 1 aliphatic carbocycles. The molecule has 0 atom stereocenters. The molecule has 1 aliphatic heterocycles. The van der Waals surface area contributed by atoms with Gasteiger partial charge in [-0.2, -0.15) is 0 Å². The summed E-state index contributed by atoms with van der Waals surface area (Å²) in [6, 6.07) is 3.93. The fraction of sp³-hybridized carbons (Fsp3) is 0.560. The predicted molar refractivity (Wildman–Crippen MR) is 133 cm³/mol. The van der Waals surface area contributed by atoms with Crippen LogP contribution in [0.25, 0.3) is 0 Å². The molecular formula is C25H33FN4O5S. The van der Waals surface area contributed by atoms with Crippen LogP contribution in [0.5, 0.6) is 11.6 Å². The SMILES string of the molecule is Cc1c(Oc2ccc(S(C)(=O)=O)cc2F)ncnc1N(CC1CCN(C(=O)OC(C)C)CC1)C1CC1. The lowest BCUT2D eigenvalue weighted by Gasteiger charge is -2.35. The first-order valence-electron chi connectivity index (χ1n) is 12.2. The summed E-state index contributed by atoms with van der Waals surface area (Å²) in [7, 11) is -3.53. The van der Waals surface area contributed by atoms with Gasteiger partial charge < -0.3 is 19.3 Å². The number of carbonyl (C=O) groups excluding carboxylic acids is 1. The number of likely N-dealkylation sites (tertiary alicyclic amines) is 1. The third kappa shape index (κ3) is 6.24. The van der Waals surface area contributed by atoms with Crippen LogP contribution in [0.2, 0.25) is 0 Å². The number of anilines is 1. The minimum absolute atomic E-state index is 0.103. The zero-order valence-corrected chi connectivity index (χ0v) is 21.9. The lowest BCUT2D eigenvalue weighted by Crippen LogP contribution is -2.43. The molecule has 1 aromatic heterocycles. The number of carbonyl (C=O) groups is 1. The zero-order chi connectivity index (χ0) is 26.0. The summed E-state index contributed by atoms with van der Waals surface area (Å²) in [4.78, 5) is 24.9. The summed E-state index contributed by atoms with van der Waals surface area (Å²) >= 11 is 0. The molecule has 11 heteroatoms. The molecule has 1 amide bonds. The van der Waals surface area contributed by atoms with Crippen LogP contribution in [0.15, 0.2) is 29.4 Å². The summed E-state index contributed by atoms with van der Waals surface area (Å²) in [5.74, 6) is 0.488. The van der Waals surface area contributed by atoms with Gasteiger partial charge in [-0.15, -0.1) is 0 Å². The average Bonchev–Trinajstić information content (AvgIpc) is 3.65. The lowest BCUT2D eigenvalue weighted by atomic mass is 9.96. The number of hydrogen-bond donors (Lipinski definition) is 0. The molecule has 4 rings (SSSR count). The second-order valence-electron chi connectivity index (χ2n) is 9.84. The molecule has 1 saturated carbocycles. The molecule has 36 heavy (non-hydrogen) atoms. The van der Waals surface area contributed by atoms with Gasteiger partial charge in [-0.1, -0.05) is 0 Å². The van der Waals surface area contributed by atoms with E-state index in [0.717, 1.165) is 50.4 Å². The first kappa shape index (κ1) is 26.1. The molecule has 0 radical (unpaired) electrons. The Morgan fingerprint density at radius 2 is 1.89 bits per heavy atom. The highest BCUT2D eigenvalue weighted by Crippen LogP contribution is 2.37. The first-order valence-corrected chi connectivity index (χ1v) is 14.1. The Bertz CT molecular complexity index is 1210. The number of halogens is 1. The normalized spacial score (nSPS) is 16.8. The van der Waals surface area contributed by atoms with Crippen molar-refractivity contribution >= 4 is 21.7 Å². The molecule has 1 saturated heterocycles. The van der Waals surface area contributed by atoms with E-state index in [1.54, 1.807) is 4.90 Å². The largest absolute Gasteiger partial charge is 0.447 e. The fourth-order valence-electron chi connectivity index (χ4n) is 4.36. The molecule has 1 aromatic carbocycles. The third-order valence-corrected chi connectivity index (χ3v) is 7.58. The van der Waals surface area contributed by atoms with Gasteiger partial charge >= 0.3 is 6.09 Å². The number of aromatic nitrogens is 2. The Balaban J connectivity index is 1.46. The van der Waals surface area contributed by atoms with E-state index in [2.05, 4.69) is 14.9 Å². The van der Waals surface area contributed by atoms with E-state index in [9.17, 15) is 17.6 Å². The highest BCUT2D eigenvalue weighted by Gasteiger charge is 2.34. The Kier molecular flexibility index (Phi) is 7.67. The molecule has 2 aliphatic rings. The Morgan fingerprint density at radius 3 is 2.47 bits per heavy atom. The van der Waals surface area contributed by atoms with Crippen molar-refractivity contribution < 1.29 is 27.1 Å². The van der Waals surface area contributed by atoms with Crippen molar-refractivity contribution in [1.29, 1.82) is 0 Å². The van der Waals surface area contributed by atoms with Crippen LogP contribution < -0.4 is 9.64 Å². The minimum Gasteiger partial charge on any atom is -0.447 e. The molecule has 196 valence electrons. The molecule has 0 unspecified atom stereocenters. The maximum atomic E-state index is 14.6. The van der Waals surface area contributed by atoms with Gasteiger partial charge in [0.05, 0.1) is 16.6 Å². The van der Waals surface area contributed by atoms with Gasteiger partial charge in [0, 0.05) is 31.9 Å². The van der Waals surface area contributed by atoms with Crippen molar-refractivity contribution in [2.45, 2.75) is 63.5 Å². The summed E-state index contributed by atoms with van der Waals surface area (Å²) in [6.45, 7) is 7.65. The van der Waals surface area contributed by atoms with Crippen molar-refractivity contribution in [1.82, 2.24) is 14.9 Å². The second kappa shape index (κ2) is 10.6. The molecule has 2 fully saturated rings. The van der Waals surface area contributed by atoms with E-state index in [1.807, 2.05) is 20.8 Å². The van der Waals surface area contributed by atoms with E-state index in [0.29, 0.717) is 30.6 Å². The van der Waals surface area contributed by atoms with Crippen LogP contribution in [0.1, 0.15) is 45.1 Å². The summed E-state index contributed by atoms with van der Waals surface area (Å²) in [6.07, 6.45) is 5.93. The van der Waals surface area contributed by atoms with Crippen LogP contribution in [0.3, 0.4) is 0 Å². The average molecular weight is 521 g/mol. The molecule has 2 heterocycles. The number of nitrogens with zero attached hydrogens (tertiary/aromatic N) is 4. The number of amides is 1. The monoisotopic (exact) mass is 520 g/mol. The van der Waals surface area contributed by atoms with Crippen molar-refractivity contribution in [2.24, 2.45) is 5.92 Å².